The van der Waals surface area contributed by atoms with E-state index >= 15 is 0 Å². The summed E-state index contributed by atoms with van der Waals surface area (Å²) < 4.78 is 27.2. The summed E-state index contributed by atoms with van der Waals surface area (Å²) in [5.74, 6) is 0.602. The van der Waals surface area contributed by atoms with Crippen LogP contribution in [0.1, 0.15) is 49.4 Å². The predicted molar refractivity (Wildman–Crippen MR) is 102 cm³/mol. The molecule has 7 heteroatoms. The lowest BCUT2D eigenvalue weighted by Crippen LogP contribution is -2.35. The van der Waals surface area contributed by atoms with Crippen molar-refractivity contribution in [1.82, 2.24) is 14.9 Å². The number of sulfonamides is 1. The minimum absolute atomic E-state index is 0.0512. The zero-order valence-electron chi connectivity index (χ0n) is 15.4. The average Bonchev–Trinajstić information content (AvgIpc) is 3.43. The van der Waals surface area contributed by atoms with E-state index in [1.807, 2.05) is 0 Å². The molecule has 6 nitrogen and oxygen atoms in total. The fraction of sp³-hybridized carbons (Fsp3) is 0.632. The third-order valence-corrected chi connectivity index (χ3v) is 6.64. The molecule has 0 unspecified atom stereocenters. The van der Waals surface area contributed by atoms with Crippen LogP contribution in [0.15, 0.2) is 29.2 Å². The van der Waals surface area contributed by atoms with Gasteiger partial charge in [-0.25, -0.2) is 13.1 Å². The Bertz CT molecular complexity index is 723. The number of likely N-dealkylation sites (tertiary alicyclic amines) is 1. The molecule has 0 aromatic heterocycles. The van der Waals surface area contributed by atoms with Crippen molar-refractivity contribution in [3.05, 3.63) is 29.8 Å². The quantitative estimate of drug-likeness (QED) is 0.677. The molecule has 2 aliphatic rings. The molecule has 0 radical (unpaired) electrons. The maximum atomic E-state index is 12.3. The van der Waals surface area contributed by atoms with Crippen LogP contribution in [0.5, 0.6) is 0 Å². The van der Waals surface area contributed by atoms with Crippen molar-refractivity contribution in [2.75, 3.05) is 26.2 Å². The third-order valence-electron chi connectivity index (χ3n) is 5.12. The SMILES string of the molecule is CC1CCN(CCCNC(=O)c2cccc(S(=O)(=O)NC3CC3)c2)CC1. The summed E-state index contributed by atoms with van der Waals surface area (Å²) in [4.78, 5) is 14.9. The van der Waals surface area contributed by atoms with E-state index in [1.165, 1.54) is 25.0 Å². The number of piperidine rings is 1. The zero-order chi connectivity index (χ0) is 18.6. The van der Waals surface area contributed by atoms with Crippen LogP contribution in [0.4, 0.5) is 0 Å². The van der Waals surface area contributed by atoms with Crippen LogP contribution in [0.2, 0.25) is 0 Å². The van der Waals surface area contributed by atoms with E-state index in [0.29, 0.717) is 12.1 Å². The van der Waals surface area contributed by atoms with Gasteiger partial charge in [0.1, 0.15) is 0 Å². The summed E-state index contributed by atoms with van der Waals surface area (Å²) in [6.07, 6.45) is 5.18. The lowest BCUT2D eigenvalue weighted by molar-refractivity contribution is 0.0950. The smallest absolute Gasteiger partial charge is 0.251 e. The second kappa shape index (κ2) is 8.50. The third kappa shape index (κ3) is 5.53. The van der Waals surface area contributed by atoms with Crippen LogP contribution >= 0.6 is 0 Å². The van der Waals surface area contributed by atoms with Crippen LogP contribution < -0.4 is 10.0 Å². The Morgan fingerprint density at radius 3 is 2.62 bits per heavy atom. The zero-order valence-corrected chi connectivity index (χ0v) is 16.2. The first-order chi connectivity index (χ1) is 12.4. The molecule has 2 N–H and O–H groups in total. The van der Waals surface area contributed by atoms with E-state index in [0.717, 1.165) is 44.8 Å². The second-order valence-electron chi connectivity index (χ2n) is 7.56. The monoisotopic (exact) mass is 379 g/mol. The van der Waals surface area contributed by atoms with Crippen molar-refractivity contribution in [3.8, 4) is 0 Å². The normalized spacial score (nSPS) is 19.4. The van der Waals surface area contributed by atoms with Gasteiger partial charge in [0.2, 0.25) is 10.0 Å². The molecule has 26 heavy (non-hydrogen) atoms. The minimum Gasteiger partial charge on any atom is -0.352 e. The highest BCUT2D eigenvalue weighted by atomic mass is 32.2. The Hall–Kier alpha value is -1.44. The first kappa shape index (κ1) is 19.3. The van der Waals surface area contributed by atoms with Crippen molar-refractivity contribution in [2.24, 2.45) is 5.92 Å². The van der Waals surface area contributed by atoms with Gasteiger partial charge in [0.15, 0.2) is 0 Å². The van der Waals surface area contributed by atoms with Crippen molar-refractivity contribution in [2.45, 2.75) is 50.0 Å². The molecule has 1 heterocycles. The lowest BCUT2D eigenvalue weighted by Gasteiger charge is -2.30. The van der Waals surface area contributed by atoms with E-state index in [2.05, 4.69) is 21.9 Å². The summed E-state index contributed by atoms with van der Waals surface area (Å²) in [5, 5.41) is 2.90. The van der Waals surface area contributed by atoms with Gasteiger partial charge in [-0.2, -0.15) is 0 Å². The second-order valence-corrected chi connectivity index (χ2v) is 9.27. The number of hydrogen-bond donors (Lipinski definition) is 2. The molecule has 1 aromatic rings. The molecule has 1 aliphatic heterocycles. The van der Waals surface area contributed by atoms with Gasteiger partial charge in [-0.3, -0.25) is 4.79 Å². The largest absolute Gasteiger partial charge is 0.352 e. The highest BCUT2D eigenvalue weighted by Crippen LogP contribution is 2.22. The summed E-state index contributed by atoms with van der Waals surface area (Å²) in [6.45, 7) is 6.17. The maximum absolute atomic E-state index is 12.3. The molecular formula is C19H29N3O3S. The van der Waals surface area contributed by atoms with Gasteiger partial charge in [0, 0.05) is 18.2 Å². The van der Waals surface area contributed by atoms with Gasteiger partial charge in [-0.15, -0.1) is 0 Å². The summed E-state index contributed by atoms with van der Waals surface area (Å²) in [6, 6.07) is 6.29. The van der Waals surface area contributed by atoms with Crippen LogP contribution in [0.3, 0.4) is 0 Å². The van der Waals surface area contributed by atoms with Crippen molar-refractivity contribution >= 4 is 15.9 Å². The van der Waals surface area contributed by atoms with Gasteiger partial charge < -0.3 is 10.2 Å². The maximum Gasteiger partial charge on any atom is 0.251 e. The lowest BCUT2D eigenvalue weighted by atomic mass is 9.99. The molecule has 1 saturated heterocycles. The highest BCUT2D eigenvalue weighted by Gasteiger charge is 2.28. The molecule has 144 valence electrons. The molecule has 1 aliphatic carbocycles. The number of benzene rings is 1. The van der Waals surface area contributed by atoms with Crippen LogP contribution in [0, 0.1) is 5.92 Å². The number of carbonyl (C=O) groups excluding carboxylic acids is 1. The van der Waals surface area contributed by atoms with E-state index in [9.17, 15) is 13.2 Å². The van der Waals surface area contributed by atoms with E-state index in [-0.39, 0.29) is 16.8 Å². The van der Waals surface area contributed by atoms with E-state index in [1.54, 1.807) is 12.1 Å². The molecule has 0 bridgehead atoms. The average molecular weight is 380 g/mol. The minimum atomic E-state index is -3.53. The fourth-order valence-corrected chi connectivity index (χ4v) is 4.54. The fourth-order valence-electron chi connectivity index (χ4n) is 3.19. The summed E-state index contributed by atoms with van der Waals surface area (Å²) in [5.41, 5.74) is 0.385. The van der Waals surface area contributed by atoms with Crippen molar-refractivity contribution < 1.29 is 13.2 Å². The first-order valence-corrected chi connectivity index (χ1v) is 11.1. The van der Waals surface area contributed by atoms with Crippen molar-refractivity contribution in [3.63, 3.8) is 0 Å². The number of rotatable bonds is 8. The van der Waals surface area contributed by atoms with E-state index in [4.69, 9.17) is 0 Å². The summed E-state index contributed by atoms with van der Waals surface area (Å²) in [7, 11) is -3.53. The van der Waals surface area contributed by atoms with Gasteiger partial charge in [0.25, 0.3) is 5.91 Å². The first-order valence-electron chi connectivity index (χ1n) is 9.57. The van der Waals surface area contributed by atoms with Gasteiger partial charge in [0.05, 0.1) is 4.90 Å². The molecular weight excluding hydrogens is 350 g/mol. The molecule has 0 atom stereocenters. The van der Waals surface area contributed by atoms with Gasteiger partial charge in [-0.05, 0) is 75.9 Å². The predicted octanol–water partition coefficient (Wildman–Crippen LogP) is 1.98. The molecule has 1 aromatic carbocycles. The molecule has 0 spiro atoms. The van der Waals surface area contributed by atoms with Gasteiger partial charge in [-0.1, -0.05) is 13.0 Å². The Morgan fingerprint density at radius 1 is 1.19 bits per heavy atom. The Balaban J connectivity index is 1.46. The number of nitrogens with one attached hydrogen (secondary N) is 2. The van der Waals surface area contributed by atoms with Gasteiger partial charge >= 0.3 is 0 Å². The Morgan fingerprint density at radius 2 is 1.92 bits per heavy atom. The standard InChI is InChI=1S/C19H29N3O3S/c1-15-8-12-22(13-9-15)11-3-10-20-19(23)16-4-2-5-18(14-16)26(24,25)21-17-6-7-17/h2,4-5,14-15,17,21H,3,6-13H2,1H3,(H,20,23). The van der Waals surface area contributed by atoms with Crippen LogP contribution in [-0.2, 0) is 10.0 Å². The highest BCUT2D eigenvalue weighted by molar-refractivity contribution is 7.89. The Labute approximate surface area is 156 Å². The molecule has 3 rings (SSSR count). The number of nitrogens with zero attached hydrogens (tertiary/aromatic N) is 1. The molecule has 1 saturated carbocycles. The van der Waals surface area contributed by atoms with Crippen molar-refractivity contribution in [1.29, 1.82) is 0 Å². The number of amides is 1. The molecule has 2 fully saturated rings. The summed E-state index contributed by atoms with van der Waals surface area (Å²) >= 11 is 0. The van der Waals surface area contributed by atoms with Crippen LogP contribution in [0.25, 0.3) is 0 Å². The number of carbonyl (C=O) groups is 1. The molecule has 1 amide bonds. The van der Waals surface area contributed by atoms with E-state index < -0.39 is 10.0 Å². The number of hydrogen-bond acceptors (Lipinski definition) is 4. The Kier molecular flexibility index (Phi) is 6.32. The van der Waals surface area contributed by atoms with Crippen LogP contribution in [-0.4, -0.2) is 51.4 Å². The topological polar surface area (TPSA) is 78.5 Å².